The van der Waals surface area contributed by atoms with Crippen molar-refractivity contribution in [1.29, 1.82) is 0 Å². The molecule has 0 aromatic rings. The Morgan fingerprint density at radius 3 is 2.52 bits per heavy atom. The molecule has 3 aliphatic rings. The smallest absolute Gasteiger partial charge is 0.314 e. The van der Waals surface area contributed by atoms with E-state index < -0.39 is 29.7 Å². The molecule has 0 aliphatic heterocycles. The van der Waals surface area contributed by atoms with Gasteiger partial charge in [0.1, 0.15) is 0 Å². The molecule has 33 heavy (non-hydrogen) atoms. The van der Waals surface area contributed by atoms with Gasteiger partial charge in [0.15, 0.2) is 0 Å². The molecule has 0 amide bonds. The lowest BCUT2D eigenvalue weighted by Gasteiger charge is -2.42. The lowest BCUT2D eigenvalue weighted by atomic mass is 9.62. The number of fused-ring (bicyclic) bond motifs is 1. The molecular formula is C28H42O5. The molecular weight excluding hydrogens is 416 g/mol. The van der Waals surface area contributed by atoms with Crippen molar-refractivity contribution in [2.75, 3.05) is 7.11 Å². The summed E-state index contributed by atoms with van der Waals surface area (Å²) in [4.78, 5) is 12.0. The van der Waals surface area contributed by atoms with Crippen molar-refractivity contribution in [2.24, 2.45) is 22.7 Å². The number of hydrogen-bond acceptors (Lipinski definition) is 5. The lowest BCUT2D eigenvalue weighted by Crippen LogP contribution is -2.37. The van der Waals surface area contributed by atoms with E-state index in [9.17, 15) is 20.1 Å². The monoisotopic (exact) mass is 458 g/mol. The van der Waals surface area contributed by atoms with Gasteiger partial charge in [0.05, 0.1) is 30.8 Å². The maximum absolute atomic E-state index is 12.0. The largest absolute Gasteiger partial charge is 0.469 e. The molecule has 0 spiro atoms. The van der Waals surface area contributed by atoms with Gasteiger partial charge in [0.25, 0.3) is 0 Å². The van der Waals surface area contributed by atoms with E-state index in [-0.39, 0.29) is 5.41 Å². The van der Waals surface area contributed by atoms with Crippen LogP contribution in [0.4, 0.5) is 0 Å². The van der Waals surface area contributed by atoms with Gasteiger partial charge in [-0.2, -0.15) is 0 Å². The fourth-order valence-electron chi connectivity index (χ4n) is 6.33. The van der Waals surface area contributed by atoms with E-state index in [1.807, 2.05) is 6.08 Å². The van der Waals surface area contributed by atoms with Crippen LogP contribution >= 0.6 is 0 Å². The minimum Gasteiger partial charge on any atom is -0.469 e. The molecule has 6 atom stereocenters. The minimum atomic E-state index is -1.01. The van der Waals surface area contributed by atoms with E-state index >= 15 is 0 Å². The number of allylic oxidation sites excluding steroid dienone is 5. The summed E-state index contributed by atoms with van der Waals surface area (Å²) in [6, 6.07) is 0. The van der Waals surface area contributed by atoms with Gasteiger partial charge in [-0.3, -0.25) is 4.79 Å². The summed E-state index contributed by atoms with van der Waals surface area (Å²) >= 11 is 0. The Labute approximate surface area is 198 Å². The molecule has 3 N–H and O–H groups in total. The predicted molar refractivity (Wildman–Crippen MR) is 130 cm³/mol. The van der Waals surface area contributed by atoms with Crippen LogP contribution in [0, 0.1) is 22.7 Å². The third-order valence-electron chi connectivity index (χ3n) is 8.43. The first-order valence-electron chi connectivity index (χ1n) is 12.4. The molecule has 3 aliphatic carbocycles. The zero-order chi connectivity index (χ0) is 24.4. The Kier molecular flexibility index (Phi) is 8.08. The molecule has 0 heterocycles. The van der Waals surface area contributed by atoms with Crippen molar-refractivity contribution in [1.82, 2.24) is 0 Å². The van der Waals surface area contributed by atoms with Gasteiger partial charge in [-0.25, -0.2) is 0 Å². The Balaban J connectivity index is 1.72. The second-order valence-corrected chi connectivity index (χ2v) is 11.2. The number of carbonyl (C=O) groups is 1. The van der Waals surface area contributed by atoms with E-state index in [1.54, 1.807) is 19.9 Å². The first-order valence-corrected chi connectivity index (χ1v) is 12.4. The van der Waals surface area contributed by atoms with Crippen molar-refractivity contribution < 1.29 is 24.9 Å². The number of aliphatic hydroxyl groups is 3. The average molecular weight is 459 g/mol. The fourth-order valence-corrected chi connectivity index (χ4v) is 6.33. The van der Waals surface area contributed by atoms with Crippen LogP contribution < -0.4 is 0 Å². The highest BCUT2D eigenvalue weighted by molar-refractivity contribution is 5.76. The standard InChI is InChI=1S/C28H42O5/c1-18(8-13-25(31)27(2,3)26(32)33-5)23-11-12-24-20(7-6-14-28(23,24)4)10-9-19-15-21(29)17-22(30)16-19/h8-10,13,21-25,29-31H,1,6-7,11-12,14-17H2,2-5H3/t21-,22-,23-,24+,25-,28-/m1/s1. The zero-order valence-electron chi connectivity index (χ0n) is 20.7. The summed E-state index contributed by atoms with van der Waals surface area (Å²) in [5, 5.41) is 30.5. The summed E-state index contributed by atoms with van der Waals surface area (Å²) in [6.45, 7) is 10.1. The van der Waals surface area contributed by atoms with E-state index in [0.29, 0.717) is 31.1 Å². The molecule has 0 aromatic carbocycles. The van der Waals surface area contributed by atoms with Gasteiger partial charge in [-0.15, -0.1) is 0 Å². The average Bonchev–Trinajstić information content (AvgIpc) is 3.11. The molecule has 3 rings (SSSR count). The van der Waals surface area contributed by atoms with Crippen LogP contribution in [-0.4, -0.2) is 46.7 Å². The number of esters is 1. The van der Waals surface area contributed by atoms with E-state index in [4.69, 9.17) is 4.74 Å². The Bertz CT molecular complexity index is 823. The second-order valence-electron chi connectivity index (χ2n) is 11.2. The van der Waals surface area contributed by atoms with Gasteiger partial charge >= 0.3 is 5.97 Å². The normalized spacial score (nSPS) is 34.9. The molecule has 0 aromatic heterocycles. The summed E-state index contributed by atoms with van der Waals surface area (Å²) in [5.41, 5.74) is 2.72. The van der Waals surface area contributed by atoms with E-state index in [2.05, 4.69) is 25.7 Å². The van der Waals surface area contributed by atoms with Crippen molar-refractivity contribution in [3.8, 4) is 0 Å². The molecule has 184 valence electrons. The van der Waals surface area contributed by atoms with Crippen LogP contribution in [0.1, 0.15) is 72.1 Å². The number of carbonyl (C=O) groups excluding carboxylic acids is 1. The number of methoxy groups -OCH3 is 1. The van der Waals surface area contributed by atoms with Gasteiger partial charge in [-0.1, -0.05) is 54.5 Å². The van der Waals surface area contributed by atoms with Gasteiger partial charge in [0.2, 0.25) is 0 Å². The first-order chi connectivity index (χ1) is 15.5. The number of hydrogen-bond donors (Lipinski definition) is 3. The summed E-state index contributed by atoms with van der Waals surface area (Å²) in [6.07, 6.45) is 13.5. The number of aliphatic hydroxyl groups excluding tert-OH is 3. The number of rotatable bonds is 6. The molecule has 5 heteroatoms. The molecule has 3 saturated carbocycles. The van der Waals surface area contributed by atoms with Gasteiger partial charge in [0, 0.05) is 0 Å². The van der Waals surface area contributed by atoms with Gasteiger partial charge < -0.3 is 20.1 Å². The second kappa shape index (κ2) is 10.3. The van der Waals surface area contributed by atoms with Crippen LogP contribution in [0.2, 0.25) is 0 Å². The molecule has 5 nitrogen and oxygen atoms in total. The maximum atomic E-state index is 12.0. The molecule has 0 bridgehead atoms. The SMILES string of the molecule is C=C(C=C[C@@H](O)C(C)(C)C(=O)OC)[C@H]1CC[C@H]2C(=CC=C3C[C@@H](O)C[C@H](O)C3)CCC[C@]12C. The van der Waals surface area contributed by atoms with Crippen molar-refractivity contribution in [3.05, 3.63) is 47.6 Å². The molecule has 3 fully saturated rings. The van der Waals surface area contributed by atoms with E-state index in [1.165, 1.54) is 12.7 Å². The van der Waals surface area contributed by atoms with Gasteiger partial charge in [-0.05, 0) is 82.5 Å². The Morgan fingerprint density at radius 1 is 1.21 bits per heavy atom. The highest BCUT2D eigenvalue weighted by atomic mass is 16.5. The van der Waals surface area contributed by atoms with Crippen molar-refractivity contribution in [3.63, 3.8) is 0 Å². The fraction of sp³-hybridized carbons (Fsp3) is 0.679. The van der Waals surface area contributed by atoms with Crippen LogP contribution in [0.15, 0.2) is 47.6 Å². The predicted octanol–water partition coefficient (Wildman–Crippen LogP) is 4.63. The van der Waals surface area contributed by atoms with Crippen molar-refractivity contribution >= 4 is 5.97 Å². The molecule has 0 radical (unpaired) electrons. The van der Waals surface area contributed by atoms with Crippen LogP contribution in [0.25, 0.3) is 0 Å². The summed E-state index contributed by atoms with van der Waals surface area (Å²) in [7, 11) is 1.33. The minimum absolute atomic E-state index is 0.123. The van der Waals surface area contributed by atoms with Crippen LogP contribution in [0.5, 0.6) is 0 Å². The lowest BCUT2D eigenvalue weighted by molar-refractivity contribution is -0.155. The highest BCUT2D eigenvalue weighted by Crippen LogP contribution is 2.59. The van der Waals surface area contributed by atoms with Crippen LogP contribution in [0.3, 0.4) is 0 Å². The van der Waals surface area contributed by atoms with Crippen molar-refractivity contribution in [2.45, 2.75) is 90.4 Å². The Morgan fingerprint density at radius 2 is 1.88 bits per heavy atom. The zero-order valence-corrected chi connectivity index (χ0v) is 20.7. The Hall–Kier alpha value is -1.69. The third-order valence-corrected chi connectivity index (χ3v) is 8.43. The molecule has 0 unspecified atom stereocenters. The number of ether oxygens (including phenoxy) is 1. The summed E-state index contributed by atoms with van der Waals surface area (Å²) < 4.78 is 4.83. The highest BCUT2D eigenvalue weighted by Gasteiger charge is 2.49. The molecule has 0 saturated heterocycles. The topological polar surface area (TPSA) is 87.0 Å². The van der Waals surface area contributed by atoms with Crippen LogP contribution in [-0.2, 0) is 9.53 Å². The van der Waals surface area contributed by atoms with E-state index in [0.717, 1.165) is 43.3 Å². The third kappa shape index (κ3) is 5.52. The first kappa shape index (κ1) is 25.9. The maximum Gasteiger partial charge on any atom is 0.314 e. The summed E-state index contributed by atoms with van der Waals surface area (Å²) in [5.74, 6) is 0.391. The quantitative estimate of drug-likeness (QED) is 0.399.